The van der Waals surface area contributed by atoms with Gasteiger partial charge >= 0.3 is 0 Å². The van der Waals surface area contributed by atoms with E-state index in [0.29, 0.717) is 36.0 Å². The number of carbonyl (C=O) groups is 3. The van der Waals surface area contributed by atoms with Crippen LogP contribution in [0.25, 0.3) is 0 Å². The first-order valence-electron chi connectivity index (χ1n) is 17.4. The van der Waals surface area contributed by atoms with Crippen molar-refractivity contribution in [2.75, 3.05) is 70.3 Å². The lowest BCUT2D eigenvalue weighted by Gasteiger charge is -2.40. The Kier molecular flexibility index (Phi) is 9.40. The van der Waals surface area contributed by atoms with Crippen LogP contribution in [-0.4, -0.2) is 116 Å². The minimum Gasteiger partial charge on any atom is -0.375 e. The maximum atomic E-state index is 15.8. The van der Waals surface area contributed by atoms with Crippen molar-refractivity contribution in [3.63, 3.8) is 0 Å². The third kappa shape index (κ3) is 6.92. The quantitative estimate of drug-likeness (QED) is 0.426. The van der Waals surface area contributed by atoms with E-state index in [2.05, 4.69) is 25.3 Å². The largest absolute Gasteiger partial charge is 0.375 e. The standard InChI is InChI=1S/C34H49FN6O4/c35-32-28-22-41(30-7-8-31(42)37-33(30)43)34(44)27(28)5-6-29(32)40-13-10-26(11-14-40)45-25-3-1-23(2-4-25)20-38-15-17-39(18-16-38)21-24-9-12-36-19-24/h5-6,23-26,30,36H,1-4,7-22H2,(H,37,42,43)/t23?,24-,25?,30?/m0/s1. The molecule has 7 rings (SSSR count). The Balaban J connectivity index is 0.837. The summed E-state index contributed by atoms with van der Waals surface area (Å²) in [6.45, 7) is 11.2. The first-order valence-corrected chi connectivity index (χ1v) is 17.4. The van der Waals surface area contributed by atoms with Crippen LogP contribution in [0.15, 0.2) is 12.1 Å². The fourth-order valence-corrected chi connectivity index (χ4v) is 8.55. The van der Waals surface area contributed by atoms with Crippen LogP contribution < -0.4 is 15.5 Å². The highest BCUT2D eigenvalue weighted by Gasteiger charge is 2.41. The maximum absolute atomic E-state index is 15.8. The summed E-state index contributed by atoms with van der Waals surface area (Å²) in [5.41, 5.74) is 1.18. The van der Waals surface area contributed by atoms with Crippen LogP contribution in [0.4, 0.5) is 10.1 Å². The highest BCUT2D eigenvalue weighted by Crippen LogP contribution is 2.36. The van der Waals surface area contributed by atoms with Gasteiger partial charge in [-0.3, -0.25) is 19.7 Å². The van der Waals surface area contributed by atoms with Crippen molar-refractivity contribution in [3.8, 4) is 0 Å². The molecule has 5 fully saturated rings. The molecule has 5 heterocycles. The van der Waals surface area contributed by atoms with E-state index in [1.54, 1.807) is 12.1 Å². The average Bonchev–Trinajstić information content (AvgIpc) is 3.68. The SMILES string of the molecule is O=C1CCC(N2Cc3c(ccc(N4CCC(OC5CCC(CN6CCN(C[C@H]7CCNC7)CC6)CC5)CC4)c3F)C2=O)C(=O)N1. The molecule has 10 nitrogen and oxygen atoms in total. The summed E-state index contributed by atoms with van der Waals surface area (Å²) in [6, 6.07) is 2.65. The molecule has 2 N–H and O–H groups in total. The Morgan fingerprint density at radius 2 is 1.49 bits per heavy atom. The normalized spacial score (nSPS) is 30.6. The van der Waals surface area contributed by atoms with E-state index in [4.69, 9.17) is 4.74 Å². The molecule has 4 saturated heterocycles. The highest BCUT2D eigenvalue weighted by molar-refractivity contribution is 6.05. The monoisotopic (exact) mass is 624 g/mol. The minimum atomic E-state index is -0.742. The molecule has 0 bridgehead atoms. The van der Waals surface area contributed by atoms with Crippen molar-refractivity contribution < 1.29 is 23.5 Å². The second-order valence-corrected chi connectivity index (χ2v) is 14.3. The van der Waals surface area contributed by atoms with Crippen LogP contribution in [-0.2, 0) is 20.9 Å². The number of imide groups is 1. The van der Waals surface area contributed by atoms with Crippen molar-refractivity contribution in [3.05, 3.63) is 29.1 Å². The van der Waals surface area contributed by atoms with Gasteiger partial charge in [-0.05, 0) is 88.4 Å². The number of ether oxygens (including phenoxy) is 1. The topological polar surface area (TPSA) is 97.5 Å². The molecule has 0 aromatic heterocycles. The van der Waals surface area contributed by atoms with E-state index in [1.807, 2.05) is 0 Å². The number of nitrogens with one attached hydrogen (secondary N) is 2. The fourth-order valence-electron chi connectivity index (χ4n) is 8.55. The van der Waals surface area contributed by atoms with Gasteiger partial charge in [-0.2, -0.15) is 0 Å². The van der Waals surface area contributed by atoms with E-state index in [0.717, 1.165) is 37.5 Å². The highest BCUT2D eigenvalue weighted by atomic mass is 19.1. The number of halogens is 1. The second kappa shape index (κ2) is 13.6. The van der Waals surface area contributed by atoms with Crippen molar-refractivity contribution in [1.29, 1.82) is 0 Å². The fraction of sp³-hybridized carbons (Fsp3) is 0.735. The molecule has 2 atom stereocenters. The maximum Gasteiger partial charge on any atom is 0.255 e. The lowest BCUT2D eigenvalue weighted by molar-refractivity contribution is -0.136. The van der Waals surface area contributed by atoms with Crippen LogP contribution in [0.2, 0.25) is 0 Å². The van der Waals surface area contributed by atoms with Gasteiger partial charge in [0.1, 0.15) is 6.04 Å². The molecule has 45 heavy (non-hydrogen) atoms. The molecule has 6 aliphatic rings. The molecular formula is C34H49FN6O4. The van der Waals surface area contributed by atoms with Gasteiger partial charge in [0.2, 0.25) is 11.8 Å². The lowest BCUT2D eigenvalue weighted by atomic mass is 9.86. The molecule has 0 spiro atoms. The van der Waals surface area contributed by atoms with Gasteiger partial charge in [0.25, 0.3) is 5.91 Å². The number of piperazine rings is 1. The predicted octanol–water partition coefficient (Wildman–Crippen LogP) is 2.36. The Labute approximate surface area is 266 Å². The summed E-state index contributed by atoms with van der Waals surface area (Å²) in [6.07, 6.45) is 8.78. The van der Waals surface area contributed by atoms with Gasteiger partial charge in [0.05, 0.1) is 24.4 Å². The van der Waals surface area contributed by atoms with Crippen molar-refractivity contribution in [1.82, 2.24) is 25.3 Å². The Morgan fingerprint density at radius 1 is 0.800 bits per heavy atom. The Hall–Kier alpha value is -2.60. The van der Waals surface area contributed by atoms with Crippen LogP contribution in [0.3, 0.4) is 0 Å². The molecule has 1 aromatic rings. The summed E-state index contributed by atoms with van der Waals surface area (Å²) in [5.74, 6) is 0.0813. The van der Waals surface area contributed by atoms with E-state index in [-0.39, 0.29) is 43.1 Å². The Morgan fingerprint density at radius 3 is 2.16 bits per heavy atom. The van der Waals surface area contributed by atoms with Crippen molar-refractivity contribution >= 4 is 23.4 Å². The van der Waals surface area contributed by atoms with Gasteiger partial charge in [-0.1, -0.05) is 0 Å². The number of piperidine rings is 2. The zero-order valence-electron chi connectivity index (χ0n) is 26.5. The van der Waals surface area contributed by atoms with Crippen molar-refractivity contribution in [2.24, 2.45) is 11.8 Å². The van der Waals surface area contributed by atoms with E-state index < -0.39 is 11.9 Å². The molecule has 1 unspecified atom stereocenters. The number of amides is 3. The third-order valence-electron chi connectivity index (χ3n) is 11.3. The number of rotatable bonds is 8. The molecular weight excluding hydrogens is 575 g/mol. The van der Waals surface area contributed by atoms with E-state index in [9.17, 15) is 14.4 Å². The van der Waals surface area contributed by atoms with Gasteiger partial charge in [-0.25, -0.2) is 4.39 Å². The van der Waals surface area contributed by atoms with E-state index >= 15 is 4.39 Å². The summed E-state index contributed by atoms with van der Waals surface area (Å²) < 4.78 is 22.4. The zero-order chi connectivity index (χ0) is 30.9. The summed E-state index contributed by atoms with van der Waals surface area (Å²) in [5, 5.41) is 5.80. The molecule has 1 aromatic carbocycles. The summed E-state index contributed by atoms with van der Waals surface area (Å²) in [7, 11) is 0. The van der Waals surface area contributed by atoms with E-state index in [1.165, 1.54) is 76.5 Å². The summed E-state index contributed by atoms with van der Waals surface area (Å²) in [4.78, 5) is 45.8. The first-order chi connectivity index (χ1) is 21.9. The first kappa shape index (κ1) is 31.0. The molecule has 11 heteroatoms. The number of fused-ring (bicyclic) bond motifs is 1. The number of benzene rings is 1. The molecule has 246 valence electrons. The smallest absolute Gasteiger partial charge is 0.255 e. The Bertz CT molecular complexity index is 1250. The number of carbonyl (C=O) groups excluding carboxylic acids is 3. The van der Waals surface area contributed by atoms with Gasteiger partial charge in [-0.15, -0.1) is 0 Å². The van der Waals surface area contributed by atoms with Crippen LogP contribution in [0.5, 0.6) is 0 Å². The van der Waals surface area contributed by atoms with Gasteiger partial charge in [0.15, 0.2) is 5.82 Å². The van der Waals surface area contributed by atoms with Crippen LogP contribution in [0, 0.1) is 17.7 Å². The number of hydrogen-bond acceptors (Lipinski definition) is 8. The third-order valence-corrected chi connectivity index (χ3v) is 11.3. The second-order valence-electron chi connectivity index (χ2n) is 14.3. The predicted molar refractivity (Wildman–Crippen MR) is 168 cm³/mol. The van der Waals surface area contributed by atoms with Gasteiger partial charge < -0.3 is 29.7 Å². The van der Waals surface area contributed by atoms with Crippen molar-refractivity contribution in [2.45, 2.75) is 82.6 Å². The zero-order valence-corrected chi connectivity index (χ0v) is 26.5. The molecule has 1 saturated carbocycles. The number of anilines is 1. The molecule has 0 radical (unpaired) electrons. The number of nitrogens with zero attached hydrogens (tertiary/aromatic N) is 4. The van der Waals surface area contributed by atoms with Crippen LogP contribution in [0.1, 0.15) is 73.7 Å². The lowest BCUT2D eigenvalue weighted by Crippen LogP contribution is -2.52. The number of hydrogen-bond donors (Lipinski definition) is 2. The molecule has 5 aliphatic heterocycles. The van der Waals surface area contributed by atoms with Crippen LogP contribution >= 0.6 is 0 Å². The molecule has 1 aliphatic carbocycles. The van der Waals surface area contributed by atoms with Gasteiger partial charge in [0, 0.05) is 69.9 Å². The molecule has 3 amide bonds. The minimum absolute atomic E-state index is 0.0525. The summed E-state index contributed by atoms with van der Waals surface area (Å²) >= 11 is 0. The average molecular weight is 625 g/mol.